The number of phenols is 1. The molecule has 1 atom stereocenters. The quantitative estimate of drug-likeness (QED) is 0.773. The van der Waals surface area contributed by atoms with E-state index in [1.807, 2.05) is 0 Å². The van der Waals surface area contributed by atoms with Crippen molar-refractivity contribution in [1.82, 2.24) is 5.32 Å². The molecule has 1 aliphatic heterocycles. The first-order valence-corrected chi connectivity index (χ1v) is 6.01. The fourth-order valence-electron chi connectivity index (χ4n) is 2.04. The Labute approximate surface area is 101 Å². The van der Waals surface area contributed by atoms with E-state index >= 15 is 0 Å². The van der Waals surface area contributed by atoms with Crippen LogP contribution in [0.3, 0.4) is 0 Å². The van der Waals surface area contributed by atoms with E-state index in [2.05, 4.69) is 5.32 Å². The van der Waals surface area contributed by atoms with Crippen LogP contribution >= 0.6 is 0 Å². The molecule has 2 rings (SSSR count). The summed E-state index contributed by atoms with van der Waals surface area (Å²) in [7, 11) is 0. The summed E-state index contributed by atoms with van der Waals surface area (Å²) in [6, 6.07) is 4.01. The van der Waals surface area contributed by atoms with Gasteiger partial charge in [0.15, 0.2) is 0 Å². The van der Waals surface area contributed by atoms with Gasteiger partial charge in [0, 0.05) is 25.3 Å². The monoisotopic (exact) mass is 239 g/mol. The van der Waals surface area contributed by atoms with Gasteiger partial charge in [-0.1, -0.05) is 0 Å². The summed E-state index contributed by atoms with van der Waals surface area (Å²) in [4.78, 5) is 0. The first kappa shape index (κ1) is 12.3. The number of hydrogen-bond acceptors (Lipinski definition) is 3. The zero-order chi connectivity index (χ0) is 12.1. The van der Waals surface area contributed by atoms with E-state index in [4.69, 9.17) is 4.74 Å². The first-order chi connectivity index (χ1) is 8.25. The van der Waals surface area contributed by atoms with Crippen LogP contribution in [-0.2, 0) is 11.3 Å². The van der Waals surface area contributed by atoms with Crippen molar-refractivity contribution in [2.75, 3.05) is 19.8 Å². The van der Waals surface area contributed by atoms with Crippen LogP contribution in [0.2, 0.25) is 0 Å². The highest BCUT2D eigenvalue weighted by atomic mass is 19.1. The number of hydrogen-bond donors (Lipinski definition) is 2. The molecule has 0 aliphatic carbocycles. The molecule has 0 amide bonds. The second-order valence-corrected chi connectivity index (χ2v) is 4.47. The predicted molar refractivity (Wildman–Crippen MR) is 63.3 cm³/mol. The molecule has 4 heteroatoms. The van der Waals surface area contributed by atoms with Gasteiger partial charge in [0.1, 0.15) is 11.6 Å². The third-order valence-electron chi connectivity index (χ3n) is 3.11. The summed E-state index contributed by atoms with van der Waals surface area (Å²) >= 11 is 0. The minimum atomic E-state index is -0.316. The lowest BCUT2D eigenvalue weighted by atomic mass is 10.1. The van der Waals surface area contributed by atoms with Gasteiger partial charge in [-0.3, -0.25) is 0 Å². The lowest BCUT2D eigenvalue weighted by Gasteiger charge is -2.09. The van der Waals surface area contributed by atoms with Crippen LogP contribution in [0.1, 0.15) is 18.4 Å². The molecule has 2 N–H and O–H groups in total. The highest BCUT2D eigenvalue weighted by Crippen LogP contribution is 2.18. The largest absolute Gasteiger partial charge is 0.508 e. The zero-order valence-corrected chi connectivity index (χ0v) is 9.79. The van der Waals surface area contributed by atoms with Crippen molar-refractivity contribution < 1.29 is 14.2 Å². The van der Waals surface area contributed by atoms with Gasteiger partial charge in [-0.25, -0.2) is 4.39 Å². The van der Waals surface area contributed by atoms with Gasteiger partial charge in [-0.2, -0.15) is 0 Å². The van der Waals surface area contributed by atoms with E-state index in [9.17, 15) is 9.50 Å². The smallest absolute Gasteiger partial charge is 0.123 e. The molecule has 1 fully saturated rings. The maximum absolute atomic E-state index is 12.9. The number of ether oxygens (including phenoxy) is 1. The van der Waals surface area contributed by atoms with Gasteiger partial charge in [-0.15, -0.1) is 0 Å². The number of benzene rings is 1. The lowest BCUT2D eigenvalue weighted by Crippen LogP contribution is -2.18. The molecule has 0 bridgehead atoms. The number of aromatic hydroxyl groups is 1. The Balaban J connectivity index is 1.72. The second-order valence-electron chi connectivity index (χ2n) is 4.47. The van der Waals surface area contributed by atoms with Crippen LogP contribution in [0.4, 0.5) is 4.39 Å². The molecule has 0 spiro atoms. The Morgan fingerprint density at radius 1 is 1.47 bits per heavy atom. The molecule has 0 radical (unpaired) electrons. The summed E-state index contributed by atoms with van der Waals surface area (Å²) in [5, 5.41) is 12.7. The van der Waals surface area contributed by atoms with Crippen molar-refractivity contribution in [2.45, 2.75) is 19.4 Å². The fraction of sp³-hybridized carbons (Fsp3) is 0.538. The van der Waals surface area contributed by atoms with Gasteiger partial charge >= 0.3 is 0 Å². The van der Waals surface area contributed by atoms with Crippen molar-refractivity contribution in [1.29, 1.82) is 0 Å². The second kappa shape index (κ2) is 5.98. The average Bonchev–Trinajstić information content (AvgIpc) is 2.82. The summed E-state index contributed by atoms with van der Waals surface area (Å²) in [5.74, 6) is 0.468. The topological polar surface area (TPSA) is 41.5 Å². The van der Waals surface area contributed by atoms with Gasteiger partial charge in [0.05, 0.1) is 0 Å². The van der Waals surface area contributed by atoms with Crippen LogP contribution < -0.4 is 5.32 Å². The molecule has 1 saturated heterocycles. The Kier molecular flexibility index (Phi) is 4.34. The highest BCUT2D eigenvalue weighted by Gasteiger charge is 2.14. The molecule has 94 valence electrons. The Hall–Kier alpha value is -1.13. The Morgan fingerprint density at radius 2 is 2.35 bits per heavy atom. The predicted octanol–water partition coefficient (Wildman–Crippen LogP) is 2.05. The van der Waals surface area contributed by atoms with Crippen molar-refractivity contribution in [3.63, 3.8) is 0 Å². The van der Waals surface area contributed by atoms with E-state index in [0.717, 1.165) is 32.6 Å². The van der Waals surface area contributed by atoms with E-state index in [-0.39, 0.29) is 11.6 Å². The molecule has 0 aromatic heterocycles. The van der Waals surface area contributed by atoms with Gasteiger partial charge in [-0.05, 0) is 43.5 Å². The lowest BCUT2D eigenvalue weighted by molar-refractivity contribution is 0.184. The number of phenolic OH excluding ortho intramolecular Hbond substituents is 1. The van der Waals surface area contributed by atoms with Crippen LogP contribution in [0.5, 0.6) is 5.75 Å². The van der Waals surface area contributed by atoms with Crippen LogP contribution in [0, 0.1) is 11.7 Å². The summed E-state index contributed by atoms with van der Waals surface area (Å²) in [6.07, 6.45) is 2.20. The van der Waals surface area contributed by atoms with Crippen molar-refractivity contribution in [3.05, 3.63) is 29.6 Å². The van der Waals surface area contributed by atoms with Crippen molar-refractivity contribution >= 4 is 0 Å². The molecule has 0 saturated carbocycles. The number of nitrogens with one attached hydrogen (secondary N) is 1. The molecular weight excluding hydrogens is 221 g/mol. The molecule has 1 aromatic carbocycles. The molecule has 1 unspecified atom stereocenters. The Bertz CT molecular complexity index is 364. The first-order valence-electron chi connectivity index (χ1n) is 6.01. The average molecular weight is 239 g/mol. The molecular formula is C13H18FNO2. The number of rotatable bonds is 5. The maximum atomic E-state index is 12.9. The highest BCUT2D eigenvalue weighted by molar-refractivity contribution is 5.32. The van der Waals surface area contributed by atoms with Crippen molar-refractivity contribution in [3.8, 4) is 5.75 Å². The van der Waals surface area contributed by atoms with Crippen LogP contribution in [-0.4, -0.2) is 24.9 Å². The van der Waals surface area contributed by atoms with E-state index < -0.39 is 0 Å². The SMILES string of the molecule is Oc1ccc(F)cc1CNCCC1CCOC1. The molecule has 1 aromatic rings. The minimum absolute atomic E-state index is 0.142. The van der Waals surface area contributed by atoms with Gasteiger partial charge in [0.2, 0.25) is 0 Å². The summed E-state index contributed by atoms with van der Waals surface area (Å²) in [5.41, 5.74) is 0.604. The van der Waals surface area contributed by atoms with Crippen LogP contribution in [0.25, 0.3) is 0 Å². The minimum Gasteiger partial charge on any atom is -0.508 e. The zero-order valence-electron chi connectivity index (χ0n) is 9.79. The Morgan fingerprint density at radius 3 is 3.12 bits per heavy atom. The van der Waals surface area contributed by atoms with Gasteiger partial charge < -0.3 is 15.2 Å². The van der Waals surface area contributed by atoms with E-state index in [1.165, 1.54) is 18.2 Å². The number of halogens is 1. The molecule has 1 heterocycles. The molecule has 3 nitrogen and oxygen atoms in total. The standard InChI is InChI=1S/C13H18FNO2/c14-12-1-2-13(16)11(7-12)8-15-5-3-10-4-6-17-9-10/h1-2,7,10,15-16H,3-6,8-9H2. The molecule has 1 aliphatic rings. The maximum Gasteiger partial charge on any atom is 0.123 e. The van der Waals surface area contributed by atoms with E-state index in [0.29, 0.717) is 18.0 Å². The molecule has 17 heavy (non-hydrogen) atoms. The summed E-state index contributed by atoms with van der Waals surface area (Å²) < 4.78 is 18.2. The van der Waals surface area contributed by atoms with Crippen LogP contribution in [0.15, 0.2) is 18.2 Å². The fourth-order valence-corrected chi connectivity index (χ4v) is 2.04. The normalized spacial score (nSPS) is 19.7. The third kappa shape index (κ3) is 3.68. The van der Waals surface area contributed by atoms with Crippen molar-refractivity contribution in [2.24, 2.45) is 5.92 Å². The summed E-state index contributed by atoms with van der Waals surface area (Å²) in [6.45, 7) is 3.09. The van der Waals surface area contributed by atoms with Gasteiger partial charge in [0.25, 0.3) is 0 Å². The van der Waals surface area contributed by atoms with E-state index in [1.54, 1.807) is 0 Å². The third-order valence-corrected chi connectivity index (χ3v) is 3.11.